The molecule has 0 spiro atoms. The molecule has 86 valence electrons. The summed E-state index contributed by atoms with van der Waals surface area (Å²) in [5.74, 6) is 2.01. The second-order valence-corrected chi connectivity index (χ2v) is 3.58. The fourth-order valence-electron chi connectivity index (χ4n) is 1.41. The highest BCUT2D eigenvalue weighted by molar-refractivity contribution is 6.18. The van der Waals surface area contributed by atoms with Gasteiger partial charge in [0.15, 0.2) is 0 Å². The van der Waals surface area contributed by atoms with Gasteiger partial charge in [0.2, 0.25) is 0 Å². The molecule has 4 heteroatoms. The molecule has 0 aromatic carbocycles. The number of terminal acetylenes is 1. The summed E-state index contributed by atoms with van der Waals surface area (Å²) in [4.78, 5) is 24.4. The number of nitrogens with zero attached hydrogens (tertiary/aromatic N) is 1. The maximum Gasteiger partial charge on any atom is 0.256 e. The van der Waals surface area contributed by atoms with Gasteiger partial charge in [-0.1, -0.05) is 0 Å². The van der Waals surface area contributed by atoms with Crippen LogP contribution in [0.25, 0.3) is 0 Å². The van der Waals surface area contributed by atoms with Crippen LogP contribution in [-0.4, -0.2) is 36.5 Å². The zero-order valence-electron chi connectivity index (χ0n) is 9.58. The van der Waals surface area contributed by atoms with Gasteiger partial charge < -0.3 is 4.74 Å². The van der Waals surface area contributed by atoms with Crippen molar-refractivity contribution >= 4 is 11.8 Å². The van der Waals surface area contributed by atoms with Gasteiger partial charge in [-0.3, -0.25) is 14.5 Å². The van der Waals surface area contributed by atoms with Crippen molar-refractivity contribution < 1.29 is 14.3 Å². The molecule has 4 nitrogen and oxygen atoms in total. The molecule has 0 aromatic heterocycles. The van der Waals surface area contributed by atoms with E-state index < -0.39 is 0 Å². The molecule has 1 aliphatic heterocycles. The van der Waals surface area contributed by atoms with E-state index in [1.165, 1.54) is 4.90 Å². The number of hydrogen-bond acceptors (Lipinski definition) is 3. The SMILES string of the molecule is C#CCCOCCN1C(=O)C(C)=C(C)C1=O. The highest BCUT2D eigenvalue weighted by Crippen LogP contribution is 2.18. The molecule has 0 fully saturated rings. The van der Waals surface area contributed by atoms with Gasteiger partial charge in [-0.25, -0.2) is 0 Å². The molecule has 16 heavy (non-hydrogen) atoms. The fraction of sp³-hybridized carbons (Fsp3) is 0.500. The smallest absolute Gasteiger partial charge is 0.256 e. The molecule has 1 rings (SSSR count). The first-order valence-electron chi connectivity index (χ1n) is 5.14. The van der Waals surface area contributed by atoms with Crippen molar-refractivity contribution in [2.75, 3.05) is 19.8 Å². The van der Waals surface area contributed by atoms with Crippen LogP contribution in [0.15, 0.2) is 11.1 Å². The average molecular weight is 221 g/mol. The lowest BCUT2D eigenvalue weighted by atomic mass is 10.2. The molecule has 0 radical (unpaired) electrons. The minimum atomic E-state index is -0.219. The predicted octanol–water partition coefficient (Wildman–Crippen LogP) is 0.731. The van der Waals surface area contributed by atoms with E-state index >= 15 is 0 Å². The standard InChI is InChI=1S/C12H15NO3/c1-4-5-7-16-8-6-13-11(14)9(2)10(3)12(13)15/h1H,5-8H2,2-3H3. The number of ether oxygens (including phenoxy) is 1. The van der Waals surface area contributed by atoms with E-state index in [9.17, 15) is 9.59 Å². The Morgan fingerprint density at radius 3 is 2.25 bits per heavy atom. The van der Waals surface area contributed by atoms with Crippen LogP contribution in [0.1, 0.15) is 20.3 Å². The van der Waals surface area contributed by atoms with E-state index in [1.54, 1.807) is 13.8 Å². The molecule has 1 aliphatic rings. The van der Waals surface area contributed by atoms with Crippen molar-refractivity contribution in [2.45, 2.75) is 20.3 Å². The van der Waals surface area contributed by atoms with Crippen molar-refractivity contribution in [1.29, 1.82) is 0 Å². The molecule has 0 bridgehead atoms. The summed E-state index contributed by atoms with van der Waals surface area (Å²) in [5.41, 5.74) is 1.04. The topological polar surface area (TPSA) is 46.6 Å². The molecule has 2 amide bonds. The lowest BCUT2D eigenvalue weighted by Crippen LogP contribution is -2.34. The summed E-state index contributed by atoms with van der Waals surface area (Å²) in [6.07, 6.45) is 5.60. The number of rotatable bonds is 5. The molecule has 0 unspecified atom stereocenters. The van der Waals surface area contributed by atoms with Crippen LogP contribution < -0.4 is 0 Å². The number of hydrogen-bond donors (Lipinski definition) is 0. The summed E-state index contributed by atoms with van der Waals surface area (Å²) in [6.45, 7) is 4.40. The lowest BCUT2D eigenvalue weighted by Gasteiger charge is -2.14. The summed E-state index contributed by atoms with van der Waals surface area (Å²) < 4.78 is 5.20. The first-order valence-corrected chi connectivity index (χ1v) is 5.14. The molecule has 1 heterocycles. The second kappa shape index (κ2) is 5.47. The van der Waals surface area contributed by atoms with Crippen molar-refractivity contribution in [1.82, 2.24) is 4.90 Å². The number of amides is 2. The number of carbonyl (C=O) groups excluding carboxylic acids is 2. The van der Waals surface area contributed by atoms with Crippen LogP contribution in [0.4, 0.5) is 0 Å². The van der Waals surface area contributed by atoms with E-state index in [4.69, 9.17) is 11.2 Å². The maximum absolute atomic E-state index is 11.6. The van der Waals surface area contributed by atoms with Gasteiger partial charge in [-0.05, 0) is 13.8 Å². The van der Waals surface area contributed by atoms with Gasteiger partial charge in [-0.15, -0.1) is 12.3 Å². The molecule has 0 atom stereocenters. The quantitative estimate of drug-likeness (QED) is 0.390. The molecular weight excluding hydrogens is 206 g/mol. The van der Waals surface area contributed by atoms with Crippen LogP contribution in [0.2, 0.25) is 0 Å². The fourth-order valence-corrected chi connectivity index (χ4v) is 1.41. The van der Waals surface area contributed by atoms with E-state index in [-0.39, 0.29) is 18.4 Å². The zero-order valence-corrected chi connectivity index (χ0v) is 9.58. The Hall–Kier alpha value is -1.60. The van der Waals surface area contributed by atoms with Crippen molar-refractivity contribution in [2.24, 2.45) is 0 Å². The summed E-state index contributed by atoms with van der Waals surface area (Å²) in [5, 5.41) is 0. The minimum Gasteiger partial charge on any atom is -0.379 e. The Balaban J connectivity index is 2.38. The van der Waals surface area contributed by atoms with Crippen molar-refractivity contribution in [3.8, 4) is 12.3 Å². The van der Waals surface area contributed by atoms with Gasteiger partial charge in [0.1, 0.15) is 0 Å². The van der Waals surface area contributed by atoms with E-state index in [0.29, 0.717) is 30.8 Å². The Labute approximate surface area is 95.3 Å². The van der Waals surface area contributed by atoms with E-state index in [2.05, 4.69) is 5.92 Å². The predicted molar refractivity (Wildman–Crippen MR) is 59.4 cm³/mol. The Morgan fingerprint density at radius 2 is 1.75 bits per heavy atom. The normalized spacial score (nSPS) is 15.9. The van der Waals surface area contributed by atoms with Gasteiger partial charge in [0.05, 0.1) is 19.8 Å². The Morgan fingerprint density at radius 1 is 1.19 bits per heavy atom. The first-order chi connectivity index (χ1) is 7.59. The summed E-state index contributed by atoms with van der Waals surface area (Å²) in [6, 6.07) is 0. The Bertz CT molecular complexity index is 352. The highest BCUT2D eigenvalue weighted by Gasteiger charge is 2.32. The van der Waals surface area contributed by atoms with Crippen LogP contribution >= 0.6 is 0 Å². The summed E-state index contributed by atoms with van der Waals surface area (Å²) >= 11 is 0. The molecular formula is C12H15NO3. The van der Waals surface area contributed by atoms with Gasteiger partial charge in [-0.2, -0.15) is 0 Å². The van der Waals surface area contributed by atoms with Gasteiger partial charge >= 0.3 is 0 Å². The zero-order chi connectivity index (χ0) is 12.1. The lowest BCUT2D eigenvalue weighted by molar-refractivity contribution is -0.138. The average Bonchev–Trinajstić information content (AvgIpc) is 2.46. The third-order valence-corrected chi connectivity index (χ3v) is 2.54. The van der Waals surface area contributed by atoms with Crippen LogP contribution in [-0.2, 0) is 14.3 Å². The minimum absolute atomic E-state index is 0.219. The van der Waals surface area contributed by atoms with Crippen LogP contribution in [0.5, 0.6) is 0 Å². The van der Waals surface area contributed by atoms with Crippen LogP contribution in [0, 0.1) is 12.3 Å². The summed E-state index contributed by atoms with van der Waals surface area (Å²) in [7, 11) is 0. The molecule has 0 saturated heterocycles. The van der Waals surface area contributed by atoms with Crippen molar-refractivity contribution in [3.63, 3.8) is 0 Å². The third kappa shape index (κ3) is 2.50. The molecule has 0 aliphatic carbocycles. The molecule has 0 aromatic rings. The van der Waals surface area contributed by atoms with E-state index in [1.807, 2.05) is 0 Å². The monoisotopic (exact) mass is 221 g/mol. The van der Waals surface area contributed by atoms with Gasteiger partial charge in [0, 0.05) is 17.6 Å². The molecule has 0 saturated carbocycles. The van der Waals surface area contributed by atoms with Gasteiger partial charge in [0.25, 0.3) is 11.8 Å². The van der Waals surface area contributed by atoms with Crippen LogP contribution in [0.3, 0.4) is 0 Å². The third-order valence-electron chi connectivity index (χ3n) is 2.54. The number of imide groups is 1. The highest BCUT2D eigenvalue weighted by atomic mass is 16.5. The Kier molecular flexibility index (Phi) is 4.27. The largest absolute Gasteiger partial charge is 0.379 e. The first kappa shape index (κ1) is 12.5. The molecule has 0 N–H and O–H groups in total. The van der Waals surface area contributed by atoms with Crippen molar-refractivity contribution in [3.05, 3.63) is 11.1 Å². The maximum atomic E-state index is 11.6. The number of carbonyl (C=O) groups is 2. The second-order valence-electron chi connectivity index (χ2n) is 3.58. The van der Waals surface area contributed by atoms with E-state index in [0.717, 1.165) is 0 Å².